The molecule has 0 unspecified atom stereocenters. The third-order valence-electron chi connectivity index (χ3n) is 2.98. The quantitative estimate of drug-likeness (QED) is 0.469. The standard InChI is InChI=1S/C10H15.C4H6.ClH.Ru/c1-6-7(2)9(4)10(5)8(6)3;1-3-4-2;;/h1-5H3;3-4H,1-2H2;1H;/q;;;+1/p-1. The van der Waals surface area contributed by atoms with Gasteiger partial charge in [0.2, 0.25) is 0 Å². The van der Waals surface area contributed by atoms with Crippen LogP contribution in [0, 0.1) is 29.6 Å². The molecular weight excluding hydrogens is 305 g/mol. The molecule has 0 N–H and O–H groups in total. The van der Waals surface area contributed by atoms with E-state index in [0.717, 1.165) is 0 Å². The maximum absolute atomic E-state index is 4.57. The van der Waals surface area contributed by atoms with Gasteiger partial charge in [-0.25, -0.2) is 0 Å². The monoisotopic (exact) mass is 326 g/mol. The predicted molar refractivity (Wildman–Crippen MR) is 70.8 cm³/mol. The number of allylic oxidation sites excluding steroid dienone is 2. The maximum atomic E-state index is 4.57. The van der Waals surface area contributed by atoms with E-state index in [2.05, 4.69) is 57.5 Å². The van der Waals surface area contributed by atoms with E-state index in [1.165, 1.54) is 29.6 Å². The Labute approximate surface area is 116 Å². The summed E-state index contributed by atoms with van der Waals surface area (Å²) in [5.41, 5.74) is 0. The first-order valence-corrected chi connectivity index (χ1v) is 7.27. The summed E-state index contributed by atoms with van der Waals surface area (Å²) in [5.74, 6) is 7.34. The van der Waals surface area contributed by atoms with Crippen LogP contribution in [0.2, 0.25) is 0 Å². The van der Waals surface area contributed by atoms with Crippen LogP contribution in [0.15, 0.2) is 25.3 Å². The molecule has 5 radical (unpaired) electrons. The Morgan fingerprint density at radius 1 is 0.688 bits per heavy atom. The minimum absolute atomic E-state index is 1.47. The van der Waals surface area contributed by atoms with Crippen LogP contribution in [-0.2, 0) is 17.3 Å². The fraction of sp³-hybridized carbons (Fsp3) is 0.357. The van der Waals surface area contributed by atoms with Crippen LogP contribution in [0.4, 0.5) is 0 Å². The third kappa shape index (κ3) is 5.64. The van der Waals surface area contributed by atoms with Gasteiger partial charge >= 0.3 is 27.0 Å². The molecule has 1 saturated carbocycles. The molecule has 0 spiro atoms. The molecule has 16 heavy (non-hydrogen) atoms. The van der Waals surface area contributed by atoms with E-state index < -0.39 is 0 Å². The Kier molecular flexibility index (Phi) is 12.4. The molecule has 0 nitrogen and oxygen atoms in total. The Morgan fingerprint density at radius 2 is 0.812 bits per heavy atom. The summed E-state index contributed by atoms with van der Waals surface area (Å²) >= 11 is 1.82. The SMILES string of the molecule is C=CC=C.C[C]1[C](C)[C](C)[C](C)[C]1C.[Cl][Ru]. The fourth-order valence-electron chi connectivity index (χ4n) is 1.41. The molecule has 1 aliphatic rings. The van der Waals surface area contributed by atoms with E-state index in [1.807, 2.05) is 17.3 Å². The van der Waals surface area contributed by atoms with Crippen molar-refractivity contribution in [3.8, 4) is 0 Å². The van der Waals surface area contributed by atoms with E-state index in [4.69, 9.17) is 0 Å². The zero-order chi connectivity index (χ0) is 13.3. The zero-order valence-electron chi connectivity index (χ0n) is 10.8. The second kappa shape index (κ2) is 10.5. The first-order valence-electron chi connectivity index (χ1n) is 5.03. The second-order valence-electron chi connectivity index (χ2n) is 3.60. The molecule has 2 heteroatoms. The van der Waals surface area contributed by atoms with Crippen LogP contribution < -0.4 is 0 Å². The number of hydrogen-bond donors (Lipinski definition) is 0. The Bertz CT molecular complexity index is 140. The Hall–Kier alpha value is 0.393. The van der Waals surface area contributed by atoms with Gasteiger partial charge in [0.25, 0.3) is 0 Å². The van der Waals surface area contributed by atoms with E-state index in [9.17, 15) is 0 Å². The van der Waals surface area contributed by atoms with Crippen molar-refractivity contribution in [2.45, 2.75) is 34.6 Å². The molecule has 0 bridgehead atoms. The van der Waals surface area contributed by atoms with Gasteiger partial charge in [0.15, 0.2) is 0 Å². The molecule has 0 aromatic rings. The van der Waals surface area contributed by atoms with Crippen molar-refractivity contribution in [1.82, 2.24) is 0 Å². The van der Waals surface area contributed by atoms with Crippen LogP contribution in [0.1, 0.15) is 34.6 Å². The van der Waals surface area contributed by atoms with Gasteiger partial charge in [-0.1, -0.05) is 59.9 Å². The van der Waals surface area contributed by atoms with Crippen LogP contribution in [-0.4, -0.2) is 0 Å². The minimum atomic E-state index is 1.47. The van der Waals surface area contributed by atoms with Crippen molar-refractivity contribution in [3.63, 3.8) is 0 Å². The second-order valence-corrected chi connectivity index (χ2v) is 3.60. The third-order valence-corrected chi connectivity index (χ3v) is 2.98. The molecule has 0 aliphatic heterocycles. The van der Waals surface area contributed by atoms with E-state index >= 15 is 0 Å². The number of halogens is 1. The number of rotatable bonds is 1. The van der Waals surface area contributed by atoms with Gasteiger partial charge in [0.05, 0.1) is 0 Å². The van der Waals surface area contributed by atoms with Crippen LogP contribution in [0.25, 0.3) is 0 Å². The van der Waals surface area contributed by atoms with Crippen molar-refractivity contribution in [2.24, 2.45) is 0 Å². The molecular formula is C14H21ClRu. The van der Waals surface area contributed by atoms with Crippen molar-refractivity contribution in [3.05, 3.63) is 54.9 Å². The first kappa shape index (κ1) is 18.8. The summed E-state index contributed by atoms with van der Waals surface area (Å²) < 4.78 is 0. The van der Waals surface area contributed by atoms with Gasteiger partial charge in [-0.3, -0.25) is 0 Å². The van der Waals surface area contributed by atoms with Gasteiger partial charge in [-0.05, 0) is 29.6 Å². The van der Waals surface area contributed by atoms with Gasteiger partial charge < -0.3 is 0 Å². The van der Waals surface area contributed by atoms with Gasteiger partial charge in [-0.15, -0.1) is 0 Å². The normalized spacial score (nSPS) is 19.4. The average Bonchev–Trinajstić information content (AvgIpc) is 2.50. The van der Waals surface area contributed by atoms with Crippen molar-refractivity contribution in [1.29, 1.82) is 0 Å². The molecule has 1 fully saturated rings. The summed E-state index contributed by atoms with van der Waals surface area (Å²) in [6.07, 6.45) is 3.28. The summed E-state index contributed by atoms with van der Waals surface area (Å²) in [6.45, 7) is 17.7. The summed E-state index contributed by atoms with van der Waals surface area (Å²) in [5, 5.41) is 0. The molecule has 1 aliphatic carbocycles. The van der Waals surface area contributed by atoms with Crippen LogP contribution in [0.5, 0.6) is 0 Å². The van der Waals surface area contributed by atoms with Gasteiger partial charge in [0, 0.05) is 0 Å². The fourth-order valence-corrected chi connectivity index (χ4v) is 1.41. The number of hydrogen-bond acceptors (Lipinski definition) is 0. The van der Waals surface area contributed by atoms with E-state index in [1.54, 1.807) is 12.2 Å². The first-order chi connectivity index (χ1) is 7.47. The topological polar surface area (TPSA) is 0 Å². The van der Waals surface area contributed by atoms with Crippen molar-refractivity contribution < 1.29 is 17.3 Å². The predicted octanol–water partition coefficient (Wildman–Crippen LogP) is 5.02. The molecule has 0 saturated heterocycles. The van der Waals surface area contributed by atoms with Crippen molar-refractivity contribution in [2.75, 3.05) is 0 Å². The molecule has 0 atom stereocenters. The van der Waals surface area contributed by atoms with Crippen LogP contribution in [0.3, 0.4) is 0 Å². The summed E-state index contributed by atoms with van der Waals surface area (Å²) in [6, 6.07) is 0. The molecule has 0 aromatic heterocycles. The summed E-state index contributed by atoms with van der Waals surface area (Å²) in [4.78, 5) is 0. The van der Waals surface area contributed by atoms with E-state index in [0.29, 0.717) is 0 Å². The van der Waals surface area contributed by atoms with Crippen molar-refractivity contribution >= 4 is 9.69 Å². The molecule has 0 heterocycles. The average molecular weight is 326 g/mol. The molecule has 0 aromatic carbocycles. The van der Waals surface area contributed by atoms with Gasteiger partial charge in [-0.2, -0.15) is 0 Å². The molecule has 0 amide bonds. The summed E-state index contributed by atoms with van der Waals surface area (Å²) in [7, 11) is 4.57. The molecule has 1 rings (SSSR count). The van der Waals surface area contributed by atoms with Gasteiger partial charge in [0.1, 0.15) is 0 Å². The Morgan fingerprint density at radius 3 is 0.875 bits per heavy atom. The zero-order valence-corrected chi connectivity index (χ0v) is 13.3. The van der Waals surface area contributed by atoms with E-state index in [-0.39, 0.29) is 0 Å². The molecule has 92 valence electrons. The Balaban J connectivity index is 0. The van der Waals surface area contributed by atoms with Crippen LogP contribution >= 0.6 is 9.69 Å².